The quantitative estimate of drug-likeness (QED) is 0.286. The van der Waals surface area contributed by atoms with Gasteiger partial charge < -0.3 is 32.1 Å². The van der Waals surface area contributed by atoms with Crippen molar-refractivity contribution in [3.8, 4) is 0 Å². The molecule has 10 heteroatoms. The third kappa shape index (κ3) is 6.79. The van der Waals surface area contributed by atoms with Gasteiger partial charge in [0.25, 0.3) is 0 Å². The van der Waals surface area contributed by atoms with Gasteiger partial charge in [-0.15, -0.1) is 0 Å². The molecule has 0 bridgehead atoms. The number of hydrogen-bond acceptors (Lipinski definition) is 6. The Kier molecular flexibility index (Phi) is 9.16. The van der Waals surface area contributed by atoms with Crippen LogP contribution in [0.5, 0.6) is 0 Å². The topological polar surface area (TPSA) is 168 Å². The zero-order valence-corrected chi connectivity index (χ0v) is 15.9. The summed E-state index contributed by atoms with van der Waals surface area (Å²) in [6.45, 7) is 3.74. The summed E-state index contributed by atoms with van der Waals surface area (Å²) in [7, 11) is 0. The molecule has 1 heterocycles. The highest BCUT2D eigenvalue weighted by Gasteiger charge is 2.38. The van der Waals surface area contributed by atoms with Crippen LogP contribution in [0, 0.1) is 0 Å². The number of nitrogens with one attached hydrogen (secondary N) is 2. The fourth-order valence-electron chi connectivity index (χ4n) is 2.93. The molecule has 1 aliphatic rings. The van der Waals surface area contributed by atoms with Gasteiger partial charge in [-0.2, -0.15) is 0 Å². The number of nitrogens with zero attached hydrogens (tertiary/aromatic N) is 1. The second-order valence-corrected chi connectivity index (χ2v) is 6.89. The van der Waals surface area contributed by atoms with E-state index in [-0.39, 0.29) is 5.91 Å². The van der Waals surface area contributed by atoms with Crippen molar-refractivity contribution in [2.45, 2.75) is 70.1 Å². The van der Waals surface area contributed by atoms with Crippen LogP contribution in [0.1, 0.15) is 46.0 Å². The summed E-state index contributed by atoms with van der Waals surface area (Å²) < 4.78 is 0. The van der Waals surface area contributed by atoms with Gasteiger partial charge in [-0.3, -0.25) is 19.2 Å². The van der Waals surface area contributed by atoms with Crippen molar-refractivity contribution < 1.29 is 24.3 Å². The third-order valence-electron chi connectivity index (χ3n) is 4.54. The molecule has 3 amide bonds. The lowest BCUT2D eigenvalue weighted by atomic mass is 10.1. The number of carboxylic acid groups (broad SMARTS) is 1. The first-order valence-electron chi connectivity index (χ1n) is 9.28. The lowest BCUT2D eigenvalue weighted by Crippen LogP contribution is -2.56. The van der Waals surface area contributed by atoms with Gasteiger partial charge in [0.1, 0.15) is 18.1 Å². The average Bonchev–Trinajstić information content (AvgIpc) is 3.09. The van der Waals surface area contributed by atoms with E-state index in [1.807, 2.05) is 0 Å². The monoisotopic (exact) mass is 385 g/mol. The number of carbonyl (C=O) groups excluding carboxylic acids is 3. The van der Waals surface area contributed by atoms with Gasteiger partial charge in [0.15, 0.2) is 0 Å². The Morgan fingerprint density at radius 3 is 2.41 bits per heavy atom. The van der Waals surface area contributed by atoms with Crippen molar-refractivity contribution in [1.29, 1.82) is 0 Å². The maximum absolute atomic E-state index is 13.0. The second kappa shape index (κ2) is 10.8. The molecule has 1 fully saturated rings. The van der Waals surface area contributed by atoms with Crippen LogP contribution < -0.4 is 22.1 Å². The molecule has 0 aliphatic carbocycles. The second-order valence-electron chi connectivity index (χ2n) is 6.89. The van der Waals surface area contributed by atoms with Crippen LogP contribution in [-0.2, 0) is 19.2 Å². The van der Waals surface area contributed by atoms with Crippen LogP contribution in [0.3, 0.4) is 0 Å². The summed E-state index contributed by atoms with van der Waals surface area (Å²) in [5.41, 5.74) is 11.1. The molecule has 4 atom stereocenters. The number of hydrogen-bond donors (Lipinski definition) is 5. The first-order valence-corrected chi connectivity index (χ1v) is 9.28. The smallest absolute Gasteiger partial charge is 0.325 e. The summed E-state index contributed by atoms with van der Waals surface area (Å²) >= 11 is 0. The normalized spacial score (nSPS) is 19.9. The van der Waals surface area contributed by atoms with Gasteiger partial charge in [0.2, 0.25) is 17.7 Å². The van der Waals surface area contributed by atoms with E-state index < -0.39 is 42.0 Å². The van der Waals surface area contributed by atoms with E-state index in [0.29, 0.717) is 45.2 Å². The first-order chi connectivity index (χ1) is 12.7. The number of nitrogens with two attached hydrogens (primary N) is 2. The number of carboxylic acids is 1. The largest absolute Gasteiger partial charge is 0.480 e. The third-order valence-corrected chi connectivity index (χ3v) is 4.54. The van der Waals surface area contributed by atoms with Gasteiger partial charge in [0, 0.05) is 6.54 Å². The SMILES string of the molecule is C[C@H](N)C(=O)N[C@@H](CCCCN)C(=O)N1CCC[C@H]1C(=O)N[C@@H](C)C(=O)O. The molecule has 0 aromatic heterocycles. The zero-order valence-electron chi connectivity index (χ0n) is 15.9. The fourth-order valence-corrected chi connectivity index (χ4v) is 2.93. The molecule has 0 radical (unpaired) electrons. The molecule has 0 unspecified atom stereocenters. The van der Waals surface area contributed by atoms with Crippen molar-refractivity contribution in [1.82, 2.24) is 15.5 Å². The molecule has 1 rings (SSSR count). The van der Waals surface area contributed by atoms with Gasteiger partial charge in [-0.1, -0.05) is 0 Å². The number of likely N-dealkylation sites (tertiary alicyclic amines) is 1. The Balaban J connectivity index is 2.85. The van der Waals surface area contributed by atoms with Gasteiger partial charge in [-0.25, -0.2) is 0 Å². The molecule has 0 aromatic rings. The van der Waals surface area contributed by atoms with Crippen LogP contribution >= 0.6 is 0 Å². The first kappa shape index (κ1) is 22.8. The number of carbonyl (C=O) groups is 4. The molecule has 0 saturated carbocycles. The maximum atomic E-state index is 13.0. The van der Waals surface area contributed by atoms with Crippen LogP contribution in [0.25, 0.3) is 0 Å². The summed E-state index contributed by atoms with van der Waals surface area (Å²) in [5, 5.41) is 14.0. The van der Waals surface area contributed by atoms with E-state index in [0.717, 1.165) is 0 Å². The Morgan fingerprint density at radius 2 is 1.85 bits per heavy atom. The van der Waals surface area contributed by atoms with Crippen LogP contribution in [0.4, 0.5) is 0 Å². The number of unbranched alkanes of at least 4 members (excludes halogenated alkanes) is 1. The van der Waals surface area contributed by atoms with Crippen LogP contribution in [0.15, 0.2) is 0 Å². The van der Waals surface area contributed by atoms with Gasteiger partial charge >= 0.3 is 5.97 Å². The Bertz CT molecular complexity index is 554. The zero-order chi connectivity index (χ0) is 20.6. The molecule has 154 valence electrons. The number of amides is 3. The fraction of sp³-hybridized carbons (Fsp3) is 0.765. The lowest BCUT2D eigenvalue weighted by molar-refractivity contribution is -0.144. The molecule has 27 heavy (non-hydrogen) atoms. The average molecular weight is 385 g/mol. The number of aliphatic carboxylic acids is 1. The predicted molar refractivity (Wildman–Crippen MR) is 98.5 cm³/mol. The molecule has 0 aromatic carbocycles. The predicted octanol–water partition coefficient (Wildman–Crippen LogP) is -1.47. The molecular weight excluding hydrogens is 354 g/mol. The highest BCUT2D eigenvalue weighted by molar-refractivity contribution is 5.94. The number of rotatable bonds is 10. The van der Waals surface area contributed by atoms with Crippen molar-refractivity contribution in [3.63, 3.8) is 0 Å². The van der Waals surface area contributed by atoms with Crippen molar-refractivity contribution >= 4 is 23.7 Å². The van der Waals surface area contributed by atoms with E-state index in [1.54, 1.807) is 0 Å². The summed E-state index contributed by atoms with van der Waals surface area (Å²) in [4.78, 5) is 49.7. The minimum atomic E-state index is -1.15. The molecule has 1 saturated heterocycles. The highest BCUT2D eigenvalue weighted by atomic mass is 16.4. The Hall–Kier alpha value is -2.20. The van der Waals surface area contributed by atoms with Crippen LogP contribution in [0.2, 0.25) is 0 Å². The summed E-state index contributed by atoms with van der Waals surface area (Å²) in [6.07, 6.45) is 2.82. The van der Waals surface area contributed by atoms with E-state index in [4.69, 9.17) is 16.6 Å². The van der Waals surface area contributed by atoms with E-state index in [2.05, 4.69) is 10.6 Å². The summed E-state index contributed by atoms with van der Waals surface area (Å²) in [5.74, 6) is -2.46. The molecular formula is C17H31N5O5. The Morgan fingerprint density at radius 1 is 1.19 bits per heavy atom. The van der Waals surface area contributed by atoms with Gasteiger partial charge in [-0.05, 0) is 52.5 Å². The molecule has 7 N–H and O–H groups in total. The van der Waals surface area contributed by atoms with E-state index >= 15 is 0 Å². The van der Waals surface area contributed by atoms with E-state index in [1.165, 1.54) is 18.7 Å². The van der Waals surface area contributed by atoms with Gasteiger partial charge in [0.05, 0.1) is 6.04 Å². The lowest BCUT2D eigenvalue weighted by Gasteiger charge is -2.29. The summed E-state index contributed by atoms with van der Waals surface area (Å²) in [6, 6.07) is -3.35. The standard InChI is InChI=1S/C17H31N5O5/c1-10(19)14(23)21-12(6-3-4-8-18)16(25)22-9-5-7-13(22)15(24)20-11(2)17(26)27/h10-13H,3-9,18-19H2,1-2H3,(H,20,24)(H,21,23)(H,26,27)/t10-,11-,12-,13-/m0/s1. The maximum Gasteiger partial charge on any atom is 0.325 e. The minimum absolute atomic E-state index is 0.360. The van der Waals surface area contributed by atoms with Crippen LogP contribution in [-0.4, -0.2) is 71.0 Å². The van der Waals surface area contributed by atoms with E-state index in [9.17, 15) is 19.2 Å². The molecule has 1 aliphatic heterocycles. The van der Waals surface area contributed by atoms with Crippen molar-refractivity contribution in [2.75, 3.05) is 13.1 Å². The van der Waals surface area contributed by atoms with Crippen molar-refractivity contribution in [3.05, 3.63) is 0 Å². The molecule has 0 spiro atoms. The molecule has 10 nitrogen and oxygen atoms in total. The minimum Gasteiger partial charge on any atom is -0.480 e. The van der Waals surface area contributed by atoms with Crippen molar-refractivity contribution in [2.24, 2.45) is 11.5 Å². The highest BCUT2D eigenvalue weighted by Crippen LogP contribution is 2.20. The Labute approximate surface area is 159 Å².